The second-order valence-electron chi connectivity index (χ2n) is 7.03. The fourth-order valence-corrected chi connectivity index (χ4v) is 3.31. The molecule has 6 heteroatoms. The van der Waals surface area contributed by atoms with Crippen molar-refractivity contribution in [2.75, 3.05) is 13.1 Å². The summed E-state index contributed by atoms with van der Waals surface area (Å²) in [6.07, 6.45) is 0. The Morgan fingerprint density at radius 2 is 1.50 bits per heavy atom. The number of hydrogen-bond donors (Lipinski definition) is 1. The molecule has 0 radical (unpaired) electrons. The lowest BCUT2D eigenvalue weighted by Crippen LogP contribution is -2.43. The molecule has 4 nitrogen and oxygen atoms in total. The number of carbonyl (C=O) groups excluding carboxylic acids is 2. The Morgan fingerprint density at radius 1 is 0.964 bits per heavy atom. The third-order valence-electron chi connectivity index (χ3n) is 4.59. The number of rotatable bonds is 8. The van der Waals surface area contributed by atoms with Gasteiger partial charge in [0.05, 0.1) is 12.5 Å². The standard InChI is InChI=1S/C22H26Cl2N2O2/c1-4-26(14-20(27)25-13-16-5-9-18(23)10-6-16)22(28)21(15(2)3)17-7-11-19(24)12-8-17/h5-12,15,21H,4,13-14H2,1-3H3,(H,25,27). The Bertz CT molecular complexity index is 789. The molecule has 2 aromatic carbocycles. The fraction of sp³-hybridized carbons (Fsp3) is 0.364. The predicted octanol–water partition coefficient (Wildman–Crippen LogP) is 4.90. The minimum atomic E-state index is -0.318. The van der Waals surface area contributed by atoms with E-state index in [1.807, 2.05) is 45.0 Å². The van der Waals surface area contributed by atoms with Crippen LogP contribution in [0.2, 0.25) is 10.0 Å². The zero-order valence-corrected chi connectivity index (χ0v) is 17.9. The molecule has 0 aliphatic carbocycles. The molecule has 0 aromatic heterocycles. The van der Waals surface area contributed by atoms with E-state index < -0.39 is 0 Å². The highest BCUT2D eigenvalue weighted by molar-refractivity contribution is 6.30. The van der Waals surface area contributed by atoms with Gasteiger partial charge in [-0.05, 0) is 48.2 Å². The summed E-state index contributed by atoms with van der Waals surface area (Å²) in [7, 11) is 0. The summed E-state index contributed by atoms with van der Waals surface area (Å²) >= 11 is 11.8. The van der Waals surface area contributed by atoms with E-state index in [4.69, 9.17) is 23.2 Å². The van der Waals surface area contributed by atoms with Gasteiger partial charge in [-0.1, -0.05) is 61.3 Å². The van der Waals surface area contributed by atoms with Crippen molar-refractivity contribution in [1.82, 2.24) is 10.2 Å². The van der Waals surface area contributed by atoms with Crippen LogP contribution in [0.3, 0.4) is 0 Å². The van der Waals surface area contributed by atoms with E-state index in [0.29, 0.717) is 23.1 Å². The molecule has 0 aliphatic heterocycles. The average molecular weight is 421 g/mol. The van der Waals surface area contributed by atoms with Gasteiger partial charge in [-0.15, -0.1) is 0 Å². The lowest BCUT2D eigenvalue weighted by atomic mass is 9.87. The number of amides is 2. The van der Waals surface area contributed by atoms with Crippen LogP contribution >= 0.6 is 23.2 Å². The molecule has 0 bridgehead atoms. The maximum absolute atomic E-state index is 13.1. The van der Waals surface area contributed by atoms with E-state index in [1.54, 1.807) is 29.2 Å². The molecule has 0 spiro atoms. The number of hydrogen-bond acceptors (Lipinski definition) is 2. The van der Waals surface area contributed by atoms with E-state index in [2.05, 4.69) is 5.32 Å². The third-order valence-corrected chi connectivity index (χ3v) is 5.10. The van der Waals surface area contributed by atoms with Gasteiger partial charge in [-0.3, -0.25) is 9.59 Å². The first-order chi connectivity index (χ1) is 13.3. The van der Waals surface area contributed by atoms with Crippen LogP contribution < -0.4 is 5.32 Å². The van der Waals surface area contributed by atoms with Gasteiger partial charge in [0.2, 0.25) is 11.8 Å². The van der Waals surface area contributed by atoms with Gasteiger partial charge in [0.15, 0.2) is 0 Å². The molecule has 0 saturated heterocycles. The van der Waals surface area contributed by atoms with Crippen molar-refractivity contribution in [2.24, 2.45) is 5.92 Å². The van der Waals surface area contributed by atoms with Crippen molar-refractivity contribution >= 4 is 35.0 Å². The summed E-state index contributed by atoms with van der Waals surface area (Å²) in [6, 6.07) is 14.6. The lowest BCUT2D eigenvalue weighted by molar-refractivity contribution is -0.138. The van der Waals surface area contributed by atoms with Crippen LogP contribution in [0.1, 0.15) is 37.8 Å². The van der Waals surface area contributed by atoms with Crippen molar-refractivity contribution < 1.29 is 9.59 Å². The van der Waals surface area contributed by atoms with Crippen LogP contribution in [0.25, 0.3) is 0 Å². The second-order valence-corrected chi connectivity index (χ2v) is 7.90. The van der Waals surface area contributed by atoms with Gasteiger partial charge in [0, 0.05) is 23.1 Å². The van der Waals surface area contributed by atoms with Gasteiger partial charge in [-0.2, -0.15) is 0 Å². The topological polar surface area (TPSA) is 49.4 Å². The molecule has 0 heterocycles. The molecular formula is C22H26Cl2N2O2. The minimum Gasteiger partial charge on any atom is -0.350 e. The maximum atomic E-state index is 13.1. The zero-order valence-electron chi connectivity index (χ0n) is 16.4. The Morgan fingerprint density at radius 3 is 2.00 bits per heavy atom. The lowest BCUT2D eigenvalue weighted by Gasteiger charge is -2.28. The van der Waals surface area contributed by atoms with Crippen LogP contribution in [0.4, 0.5) is 0 Å². The first-order valence-electron chi connectivity index (χ1n) is 9.37. The molecular weight excluding hydrogens is 395 g/mol. The van der Waals surface area contributed by atoms with Crippen LogP contribution in [-0.4, -0.2) is 29.8 Å². The first kappa shape index (κ1) is 22.3. The Balaban J connectivity index is 2.02. The molecule has 2 aromatic rings. The van der Waals surface area contributed by atoms with E-state index in [9.17, 15) is 9.59 Å². The number of nitrogens with zero attached hydrogens (tertiary/aromatic N) is 1. The molecule has 1 N–H and O–H groups in total. The molecule has 0 fully saturated rings. The summed E-state index contributed by atoms with van der Waals surface area (Å²) in [4.78, 5) is 27.1. The Kier molecular flexibility index (Phi) is 8.34. The molecule has 1 unspecified atom stereocenters. The highest BCUT2D eigenvalue weighted by atomic mass is 35.5. The number of nitrogens with one attached hydrogen (secondary N) is 1. The fourth-order valence-electron chi connectivity index (χ4n) is 3.06. The number of benzene rings is 2. The number of likely N-dealkylation sites (N-methyl/N-ethyl adjacent to an activating group) is 1. The second kappa shape index (κ2) is 10.5. The van der Waals surface area contributed by atoms with Crippen LogP contribution in [0, 0.1) is 5.92 Å². The van der Waals surface area contributed by atoms with Gasteiger partial charge in [0.25, 0.3) is 0 Å². The van der Waals surface area contributed by atoms with Crippen molar-refractivity contribution in [3.8, 4) is 0 Å². The van der Waals surface area contributed by atoms with E-state index in [-0.39, 0.29) is 30.2 Å². The summed E-state index contributed by atoms with van der Waals surface area (Å²) in [6.45, 7) is 6.77. The largest absolute Gasteiger partial charge is 0.350 e. The van der Waals surface area contributed by atoms with Gasteiger partial charge >= 0.3 is 0 Å². The smallest absolute Gasteiger partial charge is 0.239 e. The monoisotopic (exact) mass is 420 g/mol. The summed E-state index contributed by atoms with van der Waals surface area (Å²) in [5.74, 6) is -0.466. The molecule has 2 rings (SSSR count). The summed E-state index contributed by atoms with van der Waals surface area (Å²) in [5, 5.41) is 4.14. The van der Waals surface area contributed by atoms with Gasteiger partial charge < -0.3 is 10.2 Å². The maximum Gasteiger partial charge on any atom is 0.239 e. The first-order valence-corrected chi connectivity index (χ1v) is 10.1. The highest BCUT2D eigenvalue weighted by Crippen LogP contribution is 2.28. The summed E-state index contributed by atoms with van der Waals surface area (Å²) < 4.78 is 0. The van der Waals surface area contributed by atoms with Crippen LogP contribution in [0.5, 0.6) is 0 Å². The van der Waals surface area contributed by atoms with E-state index >= 15 is 0 Å². The van der Waals surface area contributed by atoms with Gasteiger partial charge in [0.1, 0.15) is 0 Å². The van der Waals surface area contributed by atoms with Gasteiger partial charge in [-0.25, -0.2) is 0 Å². The van der Waals surface area contributed by atoms with E-state index in [0.717, 1.165) is 11.1 Å². The normalized spacial score (nSPS) is 11.9. The van der Waals surface area contributed by atoms with Crippen LogP contribution in [0.15, 0.2) is 48.5 Å². The predicted molar refractivity (Wildman–Crippen MR) is 115 cm³/mol. The Labute approximate surface area is 176 Å². The van der Waals surface area contributed by atoms with Crippen molar-refractivity contribution in [3.63, 3.8) is 0 Å². The third kappa shape index (κ3) is 6.25. The highest BCUT2D eigenvalue weighted by Gasteiger charge is 2.29. The number of halogens is 2. The van der Waals surface area contributed by atoms with Crippen molar-refractivity contribution in [3.05, 3.63) is 69.7 Å². The van der Waals surface area contributed by atoms with Crippen molar-refractivity contribution in [1.29, 1.82) is 0 Å². The SMILES string of the molecule is CCN(CC(=O)NCc1ccc(Cl)cc1)C(=O)C(c1ccc(Cl)cc1)C(C)C. The quantitative estimate of drug-likeness (QED) is 0.659. The molecule has 2 amide bonds. The molecule has 1 atom stereocenters. The average Bonchev–Trinajstić information content (AvgIpc) is 2.67. The summed E-state index contributed by atoms with van der Waals surface area (Å²) in [5.41, 5.74) is 1.86. The van der Waals surface area contributed by atoms with Crippen molar-refractivity contribution in [2.45, 2.75) is 33.2 Å². The zero-order chi connectivity index (χ0) is 20.7. The van der Waals surface area contributed by atoms with Crippen LogP contribution in [-0.2, 0) is 16.1 Å². The molecule has 0 saturated carbocycles. The van der Waals surface area contributed by atoms with E-state index in [1.165, 1.54) is 0 Å². The Hall–Kier alpha value is -2.04. The number of carbonyl (C=O) groups is 2. The minimum absolute atomic E-state index is 0.0275. The molecule has 150 valence electrons. The molecule has 28 heavy (non-hydrogen) atoms. The molecule has 0 aliphatic rings.